The second-order valence-electron chi connectivity index (χ2n) is 5.19. The van der Waals surface area contributed by atoms with Crippen molar-refractivity contribution in [1.82, 2.24) is 9.88 Å². The Hall–Kier alpha value is -1.19. The Labute approximate surface area is 131 Å². The smallest absolute Gasteiger partial charge is 0.145 e. The number of aromatic nitrogens is 1. The van der Waals surface area contributed by atoms with E-state index in [-0.39, 0.29) is 10.6 Å². The normalized spacial score (nSPS) is 12.6. The van der Waals surface area contributed by atoms with Gasteiger partial charge in [0.1, 0.15) is 5.05 Å². The van der Waals surface area contributed by atoms with Crippen LogP contribution in [0.5, 0.6) is 0 Å². The predicted molar refractivity (Wildman–Crippen MR) is 90.9 cm³/mol. The standard InChI is InChI=1S/C16H24N2O2S/c1-16(2,8-5-15(19)21-4)18(3)11-12-20-13-14-6-9-17-10-7-14/h6-7,9-10,19,21H,11-13H2,1-4H3. The molecule has 0 bridgehead atoms. The van der Waals surface area contributed by atoms with Crippen LogP contribution < -0.4 is 0 Å². The lowest BCUT2D eigenvalue weighted by molar-refractivity contribution is 0.0815. The highest BCUT2D eigenvalue weighted by molar-refractivity contribution is 7.98. The molecule has 0 aliphatic carbocycles. The van der Waals surface area contributed by atoms with Gasteiger partial charge in [0.05, 0.1) is 18.8 Å². The van der Waals surface area contributed by atoms with E-state index in [2.05, 4.69) is 21.7 Å². The van der Waals surface area contributed by atoms with Crippen LogP contribution in [0, 0.1) is 11.8 Å². The van der Waals surface area contributed by atoms with Crippen LogP contribution >= 0.6 is 11.4 Å². The van der Waals surface area contributed by atoms with Crippen LogP contribution in [0.2, 0.25) is 0 Å². The van der Waals surface area contributed by atoms with E-state index >= 15 is 0 Å². The van der Waals surface area contributed by atoms with Gasteiger partial charge in [-0.1, -0.05) is 5.92 Å². The Morgan fingerprint density at radius 2 is 2.10 bits per heavy atom. The molecule has 0 unspecified atom stereocenters. The number of hydrogen-bond donors (Lipinski definition) is 2. The summed E-state index contributed by atoms with van der Waals surface area (Å²) in [5.41, 5.74) is 0.812. The molecule has 0 aliphatic heterocycles. The van der Waals surface area contributed by atoms with Gasteiger partial charge in [-0.15, -0.1) is 0 Å². The Morgan fingerprint density at radius 3 is 2.71 bits per heavy atom. The topological polar surface area (TPSA) is 45.6 Å². The second-order valence-corrected chi connectivity index (χ2v) is 6.06. The molecule has 1 N–H and O–H groups in total. The predicted octanol–water partition coefficient (Wildman–Crippen LogP) is 2.10. The zero-order valence-electron chi connectivity index (χ0n) is 13.1. The molecular weight excluding hydrogens is 284 g/mol. The molecule has 116 valence electrons. The minimum Gasteiger partial charge on any atom is -0.375 e. The van der Waals surface area contributed by atoms with Crippen LogP contribution in [0.25, 0.3) is 0 Å². The maximum atomic E-state index is 9.43. The number of likely N-dealkylation sites (N-methyl/N-ethyl adjacent to an activating group) is 1. The Kier molecular flexibility index (Phi) is 7.62. The van der Waals surface area contributed by atoms with Crippen LogP contribution in [0.4, 0.5) is 0 Å². The summed E-state index contributed by atoms with van der Waals surface area (Å²) < 4.78 is 5.66. The van der Waals surface area contributed by atoms with Crippen molar-refractivity contribution >= 4 is 16.4 Å². The van der Waals surface area contributed by atoms with Crippen molar-refractivity contribution in [3.05, 3.63) is 30.1 Å². The number of nitrogens with zero attached hydrogens (tertiary/aromatic N) is 2. The monoisotopic (exact) mass is 308 g/mol. The number of aliphatic hydroxyl groups excluding tert-OH is 1. The van der Waals surface area contributed by atoms with E-state index in [1.54, 1.807) is 12.4 Å². The average molecular weight is 308 g/mol. The Morgan fingerprint density at radius 1 is 1.43 bits per heavy atom. The van der Waals surface area contributed by atoms with Crippen LogP contribution in [-0.4, -0.2) is 52.0 Å². The number of thiol groups is 1. The fourth-order valence-electron chi connectivity index (χ4n) is 1.51. The van der Waals surface area contributed by atoms with Crippen molar-refractivity contribution in [2.24, 2.45) is 0 Å². The largest absolute Gasteiger partial charge is 0.375 e. The number of hydrogen-bond acceptors (Lipinski definition) is 3. The van der Waals surface area contributed by atoms with E-state index in [9.17, 15) is 5.11 Å². The molecular formula is C16H24N2O2S. The number of rotatable bonds is 6. The minimum atomic E-state index is -0.307. The first-order chi connectivity index (χ1) is 9.95. The van der Waals surface area contributed by atoms with E-state index < -0.39 is 0 Å². The number of aliphatic hydroxyl groups is 1. The van der Waals surface area contributed by atoms with Crippen molar-refractivity contribution in [3.63, 3.8) is 0 Å². The van der Waals surface area contributed by atoms with Gasteiger partial charge >= 0.3 is 0 Å². The molecule has 0 fully saturated rings. The van der Waals surface area contributed by atoms with Gasteiger partial charge in [0.25, 0.3) is 0 Å². The lowest BCUT2D eigenvalue weighted by atomic mass is 10.0. The molecule has 1 aromatic heterocycles. The molecule has 0 aromatic carbocycles. The molecule has 1 rings (SSSR count). The Bertz CT molecular complexity index is 518. The first kappa shape index (κ1) is 17.9. The van der Waals surface area contributed by atoms with E-state index in [0.29, 0.717) is 13.2 Å². The summed E-state index contributed by atoms with van der Waals surface area (Å²) in [5.74, 6) is 5.88. The fourth-order valence-corrected chi connectivity index (χ4v) is 1.68. The molecule has 4 nitrogen and oxygen atoms in total. The molecule has 0 saturated heterocycles. The molecule has 1 aromatic rings. The third-order valence-corrected chi connectivity index (χ3v) is 3.77. The van der Waals surface area contributed by atoms with Crippen LogP contribution in [0.3, 0.4) is 0 Å². The van der Waals surface area contributed by atoms with Gasteiger partial charge in [-0.25, -0.2) is 0 Å². The number of pyridine rings is 1. The Balaban J connectivity index is 2.38. The summed E-state index contributed by atoms with van der Waals surface area (Å²) in [7, 11) is 2.01. The third-order valence-electron chi connectivity index (χ3n) is 3.24. The first-order valence-corrected chi connectivity index (χ1v) is 8.16. The zero-order chi connectivity index (χ0) is 15.7. The molecule has 1 heterocycles. The van der Waals surface area contributed by atoms with Crippen LogP contribution in [-0.2, 0) is 11.3 Å². The third kappa shape index (κ3) is 6.87. The molecule has 0 spiro atoms. The molecule has 0 saturated carbocycles. The lowest BCUT2D eigenvalue weighted by Crippen LogP contribution is -2.41. The lowest BCUT2D eigenvalue weighted by Gasteiger charge is -2.30. The summed E-state index contributed by atoms with van der Waals surface area (Å²) in [6.07, 6.45) is 5.38. The molecule has 0 atom stereocenters. The van der Waals surface area contributed by atoms with Crippen molar-refractivity contribution < 1.29 is 9.84 Å². The molecule has 0 radical (unpaired) electrons. The molecule has 21 heavy (non-hydrogen) atoms. The van der Waals surface area contributed by atoms with Gasteiger partial charge in [0.15, 0.2) is 0 Å². The molecule has 0 amide bonds. The highest BCUT2D eigenvalue weighted by atomic mass is 32.1. The van der Waals surface area contributed by atoms with Crippen LogP contribution in [0.1, 0.15) is 19.4 Å². The van der Waals surface area contributed by atoms with Crippen molar-refractivity contribution in [2.75, 3.05) is 26.5 Å². The average Bonchev–Trinajstić information content (AvgIpc) is 2.50. The zero-order valence-corrected chi connectivity index (χ0v) is 14.0. The van der Waals surface area contributed by atoms with Gasteiger partial charge in [-0.3, -0.25) is 9.88 Å². The summed E-state index contributed by atoms with van der Waals surface area (Å²) >= 11 is 0.796. The second kappa shape index (κ2) is 8.96. The maximum absolute atomic E-state index is 9.43. The summed E-state index contributed by atoms with van der Waals surface area (Å²) in [5, 5.41) is 9.63. The molecule has 0 aliphatic rings. The highest BCUT2D eigenvalue weighted by Gasteiger charge is 2.20. The van der Waals surface area contributed by atoms with Gasteiger partial charge in [0.2, 0.25) is 0 Å². The summed E-state index contributed by atoms with van der Waals surface area (Å²) in [6, 6.07) is 3.89. The highest BCUT2D eigenvalue weighted by Crippen LogP contribution is 2.10. The van der Waals surface area contributed by atoms with Gasteiger partial charge in [0, 0.05) is 18.9 Å². The van der Waals surface area contributed by atoms with E-state index in [0.717, 1.165) is 23.5 Å². The van der Waals surface area contributed by atoms with E-state index in [1.807, 2.05) is 39.3 Å². The summed E-state index contributed by atoms with van der Waals surface area (Å²) in [6.45, 7) is 6.06. The van der Waals surface area contributed by atoms with Crippen LogP contribution in [0.15, 0.2) is 24.5 Å². The van der Waals surface area contributed by atoms with E-state index in [4.69, 9.17) is 4.74 Å². The summed E-state index contributed by atoms with van der Waals surface area (Å²) in [4.78, 5) is 6.09. The van der Waals surface area contributed by atoms with Crippen molar-refractivity contribution in [1.29, 1.82) is 0 Å². The number of ether oxygens (including phenoxy) is 1. The van der Waals surface area contributed by atoms with E-state index in [1.165, 1.54) is 0 Å². The maximum Gasteiger partial charge on any atom is 0.145 e. The quantitative estimate of drug-likeness (QED) is 0.366. The van der Waals surface area contributed by atoms with Crippen molar-refractivity contribution in [2.45, 2.75) is 26.0 Å². The molecule has 5 heteroatoms. The van der Waals surface area contributed by atoms with Gasteiger partial charge in [-0.2, -0.15) is 11.4 Å². The van der Waals surface area contributed by atoms with Crippen molar-refractivity contribution in [3.8, 4) is 11.8 Å². The van der Waals surface area contributed by atoms with Gasteiger partial charge < -0.3 is 9.84 Å². The SMILES string of the molecule is C[SH]=C(O)C#CC(C)(C)N(C)CCOCc1ccncc1. The fraction of sp³-hybridized carbons (Fsp3) is 0.500. The minimum absolute atomic E-state index is 0.199. The van der Waals surface area contributed by atoms with Gasteiger partial charge in [-0.05, 0) is 50.8 Å². The first-order valence-electron chi connectivity index (χ1n) is 6.82.